The average Bonchev–Trinajstić information content (AvgIpc) is 3.51. The summed E-state index contributed by atoms with van der Waals surface area (Å²) in [6.45, 7) is 0.764. The molecule has 8 aliphatic rings. The smallest absolute Gasteiger partial charge is 0.340 e. The standard InChI is InChI=1S/C68H78O11/c1-41(38-70)52-27-21-42-19-22-43(23-20-42)53-28-25-47(46-13-9-16-51(36-46)67-32-8-7-15-50(67)26-24-45-12-3-5-17-56(45)67)35-49(53)37-59(72)76-63-61-58(79-68(64(63)78-65(52)73)33-10-14-44-11-4-6-18-57(44)68)30-29-54-55(39-71)60(66(74)77-62(54)61)48(31-34-69)40-75-2/h3,5,9,12-13,16-17,19-20,22-23,25,28-30,36,44,47-50,53,57,63-64,69-71H,4,6-8,10-11,14-15,18,21,24,26-27,31-35,37-40H2,1-2H3. The highest BCUT2D eigenvalue weighted by Gasteiger charge is 2.62. The molecule has 0 radical (unpaired) electrons. The topological polar surface area (TPSA) is 162 Å². The van der Waals surface area contributed by atoms with Gasteiger partial charge >= 0.3 is 17.6 Å². The second kappa shape index (κ2) is 22.6. The van der Waals surface area contributed by atoms with Crippen LogP contribution in [0.5, 0.6) is 5.75 Å². The molecule has 416 valence electrons. The molecule has 3 aliphatic heterocycles. The summed E-state index contributed by atoms with van der Waals surface area (Å²) in [5, 5.41) is 32.4. The number of aryl methyl sites for hydroxylation is 2. The fourth-order valence-corrected chi connectivity index (χ4v) is 16.6. The van der Waals surface area contributed by atoms with Crippen molar-refractivity contribution < 1.29 is 48.3 Å². The quantitative estimate of drug-likeness (QED) is 0.0557. The van der Waals surface area contributed by atoms with E-state index in [4.69, 9.17) is 23.4 Å². The zero-order valence-electron chi connectivity index (χ0n) is 46.1. The van der Waals surface area contributed by atoms with Crippen molar-refractivity contribution >= 4 is 22.9 Å². The molecular weight excluding hydrogens is 993 g/mol. The summed E-state index contributed by atoms with van der Waals surface area (Å²) in [5.74, 6) is -0.744. The van der Waals surface area contributed by atoms with Crippen molar-refractivity contribution in [1.82, 2.24) is 0 Å². The number of ether oxygens (including phenoxy) is 4. The Morgan fingerprint density at radius 2 is 1.61 bits per heavy atom. The lowest BCUT2D eigenvalue weighted by Crippen LogP contribution is -2.63. The van der Waals surface area contributed by atoms with E-state index in [1.54, 1.807) is 13.0 Å². The molecule has 11 atom stereocenters. The normalized spacial score (nSPS) is 30.6. The van der Waals surface area contributed by atoms with Crippen LogP contribution in [0.3, 0.4) is 0 Å². The molecule has 5 aliphatic carbocycles. The fraction of sp³-hybridized carbons (Fsp3) is 0.515. The molecule has 4 aromatic carbocycles. The zero-order chi connectivity index (χ0) is 54.4. The van der Waals surface area contributed by atoms with E-state index in [1.165, 1.54) is 55.0 Å². The molecule has 11 nitrogen and oxygen atoms in total. The SMILES string of the molecule is COCC(CCO)c1c(CO)c2ccc3c(c2oc1=O)C1OC(=O)CC2CC(c4cccc(C56CCCCC5CCc5ccccc56)c4)C=CC2c2ccc(cc2)CCC(=C(C)CO)C(=O)OC1C1(CCCC2CCCCC21)O3. The Morgan fingerprint density at radius 3 is 2.43 bits per heavy atom. The third-order valence-electron chi connectivity index (χ3n) is 20.4. The van der Waals surface area contributed by atoms with Gasteiger partial charge in [-0.1, -0.05) is 117 Å². The minimum Gasteiger partial charge on any atom is -0.482 e. The first-order valence-electron chi connectivity index (χ1n) is 29.8. The molecule has 3 fully saturated rings. The Hall–Kier alpha value is -5.85. The number of rotatable bonds is 9. The molecule has 11 heteroatoms. The van der Waals surface area contributed by atoms with Gasteiger partial charge in [-0.25, -0.2) is 9.59 Å². The molecule has 1 spiro atoms. The number of benzene rings is 4. The van der Waals surface area contributed by atoms with Gasteiger partial charge in [0, 0.05) is 65.7 Å². The monoisotopic (exact) mass is 1070 g/mol. The van der Waals surface area contributed by atoms with Gasteiger partial charge in [0.15, 0.2) is 17.8 Å². The lowest BCUT2D eigenvalue weighted by Gasteiger charge is -2.56. The largest absolute Gasteiger partial charge is 0.482 e. The van der Waals surface area contributed by atoms with Crippen LogP contribution in [0.15, 0.2) is 117 Å². The predicted octanol–water partition coefficient (Wildman–Crippen LogP) is 12.2. The molecule has 3 N–H and O–H groups in total. The van der Waals surface area contributed by atoms with Gasteiger partial charge in [0.25, 0.3) is 0 Å². The number of aliphatic hydroxyl groups excluding tert-OH is 3. The maximum absolute atomic E-state index is 15.7. The fourth-order valence-electron chi connectivity index (χ4n) is 16.6. The summed E-state index contributed by atoms with van der Waals surface area (Å²) in [5.41, 5.74) is 7.57. The molecule has 3 saturated carbocycles. The molecule has 1 aromatic heterocycles. The molecule has 79 heavy (non-hydrogen) atoms. The highest BCUT2D eigenvalue weighted by molar-refractivity contribution is 5.90. The molecule has 0 amide bonds. The summed E-state index contributed by atoms with van der Waals surface area (Å²) in [6.07, 6.45) is 17.3. The molecule has 11 unspecified atom stereocenters. The van der Waals surface area contributed by atoms with Crippen LogP contribution in [0.2, 0.25) is 0 Å². The highest BCUT2D eigenvalue weighted by atomic mass is 16.6. The van der Waals surface area contributed by atoms with Crippen LogP contribution in [0.25, 0.3) is 11.0 Å². The Morgan fingerprint density at radius 1 is 0.785 bits per heavy atom. The minimum absolute atomic E-state index is 0.0273. The summed E-state index contributed by atoms with van der Waals surface area (Å²) in [6, 6.07) is 30.6. The molecule has 4 heterocycles. The van der Waals surface area contributed by atoms with E-state index in [-0.39, 0.29) is 84.4 Å². The van der Waals surface area contributed by atoms with E-state index in [9.17, 15) is 20.1 Å². The molecule has 2 bridgehead atoms. The van der Waals surface area contributed by atoms with Gasteiger partial charge in [0.2, 0.25) is 0 Å². The highest BCUT2D eigenvalue weighted by Crippen LogP contribution is 2.59. The Kier molecular flexibility index (Phi) is 15.4. The molecular formula is C68H78O11. The van der Waals surface area contributed by atoms with Gasteiger partial charge in [-0.15, -0.1) is 0 Å². The number of fused-ring (bicyclic) bond motifs is 16. The van der Waals surface area contributed by atoms with Crippen LogP contribution in [0.1, 0.15) is 184 Å². The van der Waals surface area contributed by atoms with Crippen LogP contribution in [-0.2, 0) is 48.7 Å². The van der Waals surface area contributed by atoms with Crippen molar-refractivity contribution in [1.29, 1.82) is 0 Å². The number of hydrogen-bond donors (Lipinski definition) is 3. The van der Waals surface area contributed by atoms with Crippen LogP contribution in [0, 0.1) is 23.7 Å². The van der Waals surface area contributed by atoms with E-state index in [0.29, 0.717) is 59.4 Å². The van der Waals surface area contributed by atoms with Gasteiger partial charge in [0.1, 0.15) is 11.3 Å². The first kappa shape index (κ1) is 53.8. The molecule has 5 aromatic rings. The summed E-state index contributed by atoms with van der Waals surface area (Å²) in [4.78, 5) is 45.4. The Bertz CT molecular complexity index is 3200. The van der Waals surface area contributed by atoms with Crippen molar-refractivity contribution in [2.75, 3.05) is 26.9 Å². The van der Waals surface area contributed by atoms with Crippen molar-refractivity contribution in [3.05, 3.63) is 169 Å². The number of hydrogen-bond acceptors (Lipinski definition) is 11. The third kappa shape index (κ3) is 9.62. The maximum Gasteiger partial charge on any atom is 0.340 e. The van der Waals surface area contributed by atoms with Gasteiger partial charge in [-0.3, -0.25) is 4.79 Å². The number of carbonyl (C=O) groups excluding carboxylic acids is 2. The molecule has 13 rings (SSSR count). The first-order valence-corrected chi connectivity index (χ1v) is 29.8. The van der Waals surface area contributed by atoms with E-state index < -0.39 is 47.9 Å². The van der Waals surface area contributed by atoms with Gasteiger partial charge in [0.05, 0.1) is 25.4 Å². The van der Waals surface area contributed by atoms with Crippen LogP contribution in [-0.4, -0.2) is 65.9 Å². The van der Waals surface area contributed by atoms with Gasteiger partial charge in [-0.2, -0.15) is 0 Å². The molecule has 0 saturated heterocycles. The number of methoxy groups -OCH3 is 1. The number of carbonyl (C=O) groups is 2. The number of allylic oxidation sites excluding steroid dienone is 2. The lowest BCUT2D eigenvalue weighted by molar-refractivity contribution is -0.216. The Balaban J connectivity index is 0.993. The van der Waals surface area contributed by atoms with Crippen LogP contribution in [0.4, 0.5) is 0 Å². The van der Waals surface area contributed by atoms with Crippen molar-refractivity contribution in [2.45, 2.75) is 170 Å². The van der Waals surface area contributed by atoms with Gasteiger partial charge in [-0.05, 0) is 158 Å². The second-order valence-corrected chi connectivity index (χ2v) is 24.4. The third-order valence-corrected chi connectivity index (χ3v) is 20.4. The van der Waals surface area contributed by atoms with Crippen molar-refractivity contribution in [3.63, 3.8) is 0 Å². The number of aliphatic hydroxyl groups is 3. The first-order chi connectivity index (χ1) is 38.6. The summed E-state index contributed by atoms with van der Waals surface area (Å²) >= 11 is 0. The lowest BCUT2D eigenvalue weighted by atomic mass is 9.54. The van der Waals surface area contributed by atoms with Crippen LogP contribution >= 0.6 is 0 Å². The van der Waals surface area contributed by atoms with Crippen molar-refractivity contribution in [2.24, 2.45) is 23.7 Å². The summed E-state index contributed by atoms with van der Waals surface area (Å²) < 4.78 is 33.4. The van der Waals surface area contributed by atoms with E-state index >= 15 is 9.59 Å². The minimum atomic E-state index is -1.29. The predicted molar refractivity (Wildman–Crippen MR) is 302 cm³/mol. The van der Waals surface area contributed by atoms with E-state index in [0.717, 1.165) is 62.5 Å². The number of esters is 2. The Labute approximate surface area is 464 Å². The second-order valence-electron chi connectivity index (χ2n) is 24.4. The van der Waals surface area contributed by atoms with E-state index in [1.807, 2.05) is 6.07 Å². The van der Waals surface area contributed by atoms with Crippen molar-refractivity contribution in [3.8, 4) is 5.75 Å². The zero-order valence-corrected chi connectivity index (χ0v) is 46.1. The summed E-state index contributed by atoms with van der Waals surface area (Å²) in [7, 11) is 1.52. The van der Waals surface area contributed by atoms with Gasteiger partial charge < -0.3 is 38.7 Å². The van der Waals surface area contributed by atoms with E-state index in [2.05, 4.69) is 84.9 Å². The average molecular weight is 1070 g/mol. The van der Waals surface area contributed by atoms with Crippen LogP contribution < -0.4 is 10.4 Å². The maximum atomic E-state index is 15.7.